The molecule has 1 saturated heterocycles. The molecular formula is C30H29F3N4O4S. The van der Waals surface area contributed by atoms with Gasteiger partial charge in [0.25, 0.3) is 0 Å². The molecule has 1 fully saturated rings. The summed E-state index contributed by atoms with van der Waals surface area (Å²) in [7, 11) is -3.25. The number of hydrogen-bond acceptors (Lipinski definition) is 6. The summed E-state index contributed by atoms with van der Waals surface area (Å²) >= 11 is 0. The van der Waals surface area contributed by atoms with E-state index in [9.17, 15) is 26.4 Å². The van der Waals surface area contributed by atoms with Crippen molar-refractivity contribution in [3.63, 3.8) is 0 Å². The molecule has 1 N–H and O–H groups in total. The third-order valence-electron chi connectivity index (χ3n) is 7.09. The Balaban J connectivity index is 1.11. The van der Waals surface area contributed by atoms with Gasteiger partial charge in [-0.1, -0.05) is 18.2 Å². The summed E-state index contributed by atoms with van der Waals surface area (Å²) in [6.45, 7) is 1.84. The van der Waals surface area contributed by atoms with E-state index in [-0.39, 0.29) is 23.5 Å². The molecule has 0 bridgehead atoms. The molecular weight excluding hydrogens is 569 g/mol. The number of sulfone groups is 1. The Morgan fingerprint density at radius 1 is 1.07 bits per heavy atom. The van der Waals surface area contributed by atoms with Crippen LogP contribution in [0.3, 0.4) is 0 Å². The van der Waals surface area contributed by atoms with E-state index in [4.69, 9.17) is 4.74 Å². The summed E-state index contributed by atoms with van der Waals surface area (Å²) in [5, 5.41) is 2.89. The molecule has 12 heteroatoms. The highest BCUT2D eigenvalue weighted by molar-refractivity contribution is 7.90. The number of imidazole rings is 1. The van der Waals surface area contributed by atoms with E-state index in [1.807, 2.05) is 17.0 Å². The van der Waals surface area contributed by atoms with Gasteiger partial charge in [0.05, 0.1) is 16.2 Å². The zero-order chi connectivity index (χ0) is 29.9. The quantitative estimate of drug-likeness (QED) is 0.282. The monoisotopic (exact) mass is 598 g/mol. The van der Waals surface area contributed by atoms with Gasteiger partial charge < -0.3 is 15.0 Å². The van der Waals surface area contributed by atoms with Gasteiger partial charge in [-0.15, -0.1) is 0 Å². The van der Waals surface area contributed by atoms with Gasteiger partial charge in [-0.2, -0.15) is 13.2 Å². The highest BCUT2D eigenvalue weighted by Gasteiger charge is 2.31. The third-order valence-corrected chi connectivity index (χ3v) is 8.22. The van der Waals surface area contributed by atoms with Crippen molar-refractivity contribution in [2.45, 2.75) is 24.1 Å². The van der Waals surface area contributed by atoms with Crippen molar-refractivity contribution >= 4 is 21.6 Å². The topological polar surface area (TPSA) is 93.5 Å². The molecule has 2 heterocycles. The van der Waals surface area contributed by atoms with Crippen LogP contribution in [-0.4, -0.2) is 49.9 Å². The maximum atomic E-state index is 13.1. The molecule has 1 amide bonds. The Morgan fingerprint density at radius 3 is 2.50 bits per heavy atom. The average molecular weight is 599 g/mol. The number of halogens is 3. The zero-order valence-electron chi connectivity index (χ0n) is 22.7. The minimum absolute atomic E-state index is 0.108. The van der Waals surface area contributed by atoms with Crippen LogP contribution in [0.4, 0.5) is 23.7 Å². The van der Waals surface area contributed by atoms with Crippen molar-refractivity contribution in [1.82, 2.24) is 14.9 Å². The number of nitrogens with zero attached hydrogens (tertiary/aromatic N) is 3. The lowest BCUT2D eigenvalue weighted by molar-refractivity contribution is -0.137. The van der Waals surface area contributed by atoms with Crippen LogP contribution >= 0.6 is 0 Å². The molecule has 220 valence electrons. The summed E-state index contributed by atoms with van der Waals surface area (Å²) in [6, 6.07) is 18.7. The first-order valence-corrected chi connectivity index (χ1v) is 15.1. The van der Waals surface area contributed by atoms with E-state index in [0.29, 0.717) is 36.8 Å². The molecule has 1 atom stereocenters. The molecule has 0 saturated carbocycles. The number of anilines is 1. The van der Waals surface area contributed by atoms with Gasteiger partial charge in [0.1, 0.15) is 18.7 Å². The lowest BCUT2D eigenvalue weighted by atomic mass is 10.1. The fourth-order valence-corrected chi connectivity index (χ4v) is 5.37. The van der Waals surface area contributed by atoms with E-state index < -0.39 is 21.6 Å². The van der Waals surface area contributed by atoms with Gasteiger partial charge in [-0.05, 0) is 72.5 Å². The van der Waals surface area contributed by atoms with Gasteiger partial charge in [0.2, 0.25) is 0 Å². The maximum absolute atomic E-state index is 13.1. The van der Waals surface area contributed by atoms with Gasteiger partial charge >= 0.3 is 12.2 Å². The molecule has 1 aliphatic rings. The maximum Gasteiger partial charge on any atom is 0.416 e. The van der Waals surface area contributed by atoms with Crippen LogP contribution in [0, 0.1) is 5.92 Å². The second kappa shape index (κ2) is 11.9. The van der Waals surface area contributed by atoms with Gasteiger partial charge in [0, 0.05) is 43.3 Å². The molecule has 5 rings (SSSR count). The van der Waals surface area contributed by atoms with Crippen LogP contribution in [0.5, 0.6) is 5.75 Å². The molecule has 1 aromatic heterocycles. The van der Waals surface area contributed by atoms with Crippen molar-refractivity contribution in [3.05, 3.63) is 96.4 Å². The molecule has 1 unspecified atom stereocenters. The van der Waals surface area contributed by atoms with Gasteiger partial charge in [0.15, 0.2) is 9.84 Å². The first kappa shape index (κ1) is 29.2. The first-order chi connectivity index (χ1) is 20.0. The minimum atomic E-state index is -4.39. The predicted octanol–water partition coefficient (Wildman–Crippen LogP) is 5.64. The van der Waals surface area contributed by atoms with E-state index >= 15 is 0 Å². The van der Waals surface area contributed by atoms with Crippen LogP contribution in [0.25, 0.3) is 11.3 Å². The van der Waals surface area contributed by atoms with Crippen molar-refractivity contribution in [2.75, 3.05) is 30.8 Å². The summed E-state index contributed by atoms with van der Waals surface area (Å²) in [5.74, 6) is 0.732. The van der Waals surface area contributed by atoms with E-state index in [0.717, 1.165) is 35.9 Å². The normalized spacial score (nSPS) is 15.5. The highest BCUT2D eigenvalue weighted by atomic mass is 32.2. The van der Waals surface area contributed by atoms with Crippen LogP contribution in [0.1, 0.15) is 17.5 Å². The Hall–Kier alpha value is -4.32. The minimum Gasteiger partial charge on any atom is -0.489 e. The van der Waals surface area contributed by atoms with Crippen LogP contribution < -0.4 is 15.0 Å². The fourth-order valence-electron chi connectivity index (χ4n) is 4.74. The molecule has 3 aromatic carbocycles. The number of carbonyl (C=O) groups is 1. The standard InChI is InChI=1S/C30H29F3N4O4S/c1-42(39,40)27-11-5-21(6-12-27)19-41-26-9-7-23(8-10-26)28-18-37(20-35-28)29(38)34-16-22-13-14-36(17-22)25-4-2-3-24(15-25)30(31,32)33/h2-12,15,18,20,22H,13-14,16-17,19H2,1H3,(H,34,38). The highest BCUT2D eigenvalue weighted by Crippen LogP contribution is 2.33. The van der Waals surface area contributed by atoms with Crippen molar-refractivity contribution in [2.24, 2.45) is 5.92 Å². The lowest BCUT2D eigenvalue weighted by Crippen LogP contribution is -2.33. The van der Waals surface area contributed by atoms with Crippen LogP contribution in [0.15, 0.2) is 90.2 Å². The van der Waals surface area contributed by atoms with Crippen LogP contribution in [-0.2, 0) is 22.6 Å². The first-order valence-electron chi connectivity index (χ1n) is 13.2. The third kappa shape index (κ3) is 7.11. The van der Waals surface area contributed by atoms with Crippen molar-refractivity contribution < 1.29 is 31.1 Å². The molecule has 0 spiro atoms. The Labute approximate surface area is 241 Å². The molecule has 1 aliphatic heterocycles. The largest absolute Gasteiger partial charge is 0.489 e. The number of amides is 1. The number of aromatic nitrogens is 2. The molecule has 0 radical (unpaired) electrons. The SMILES string of the molecule is CS(=O)(=O)c1ccc(COc2ccc(-c3cn(C(=O)NCC4CCN(c5cccc(C(F)(F)F)c5)C4)cn3)cc2)cc1. The molecule has 42 heavy (non-hydrogen) atoms. The lowest BCUT2D eigenvalue weighted by Gasteiger charge is -2.20. The Kier molecular flexibility index (Phi) is 8.26. The average Bonchev–Trinajstić information content (AvgIpc) is 3.65. The number of hydrogen-bond donors (Lipinski definition) is 1. The van der Waals surface area contributed by atoms with E-state index in [1.54, 1.807) is 48.7 Å². The smallest absolute Gasteiger partial charge is 0.416 e. The Morgan fingerprint density at radius 2 is 1.81 bits per heavy atom. The zero-order valence-corrected chi connectivity index (χ0v) is 23.5. The predicted molar refractivity (Wildman–Crippen MR) is 152 cm³/mol. The van der Waals surface area contributed by atoms with Gasteiger partial charge in [-0.25, -0.2) is 18.2 Å². The Bertz CT molecular complexity index is 1650. The number of carbonyl (C=O) groups excluding carboxylic acids is 1. The molecule has 8 nitrogen and oxygen atoms in total. The molecule has 0 aliphatic carbocycles. The number of rotatable bonds is 8. The summed E-state index contributed by atoms with van der Waals surface area (Å²) in [6.07, 6.45) is 0.581. The summed E-state index contributed by atoms with van der Waals surface area (Å²) < 4.78 is 69.5. The number of alkyl halides is 3. The van der Waals surface area contributed by atoms with Crippen LogP contribution in [0.2, 0.25) is 0 Å². The fraction of sp³-hybridized carbons (Fsp3) is 0.267. The summed E-state index contributed by atoms with van der Waals surface area (Å²) in [5.41, 5.74) is 2.08. The van der Waals surface area contributed by atoms with Gasteiger partial charge in [-0.3, -0.25) is 4.57 Å². The second-order valence-corrected chi connectivity index (χ2v) is 12.2. The number of ether oxygens (including phenoxy) is 1. The molecule has 4 aromatic rings. The number of benzene rings is 3. The van der Waals surface area contributed by atoms with E-state index in [1.165, 1.54) is 17.0 Å². The van der Waals surface area contributed by atoms with Crippen molar-refractivity contribution in [1.29, 1.82) is 0 Å². The summed E-state index contributed by atoms with van der Waals surface area (Å²) in [4.78, 5) is 19.2. The second-order valence-electron chi connectivity index (χ2n) is 10.2. The number of nitrogens with one attached hydrogen (secondary N) is 1. The van der Waals surface area contributed by atoms with E-state index in [2.05, 4.69) is 10.3 Å². The van der Waals surface area contributed by atoms with Crippen molar-refractivity contribution in [3.8, 4) is 17.0 Å².